The van der Waals surface area contributed by atoms with Crippen molar-refractivity contribution in [3.05, 3.63) is 72.0 Å². The number of aliphatic hydroxyl groups excluding tert-OH is 1. The Labute approximate surface area is 260 Å². The zero-order valence-electron chi connectivity index (χ0n) is 25.2. The Balaban J connectivity index is 1.33. The van der Waals surface area contributed by atoms with E-state index in [1.807, 2.05) is 6.92 Å². The van der Waals surface area contributed by atoms with Crippen molar-refractivity contribution >= 4 is 35.0 Å². The molecule has 3 aromatic rings. The van der Waals surface area contributed by atoms with Gasteiger partial charge in [0.2, 0.25) is 12.7 Å². The Morgan fingerprint density at radius 3 is 2.36 bits per heavy atom. The molecule has 2 aliphatic rings. The van der Waals surface area contributed by atoms with Gasteiger partial charge in [-0.1, -0.05) is 6.92 Å². The Morgan fingerprint density at radius 1 is 0.978 bits per heavy atom. The van der Waals surface area contributed by atoms with Gasteiger partial charge in [0, 0.05) is 48.2 Å². The largest absolute Gasteiger partial charge is 0.488 e. The van der Waals surface area contributed by atoms with Crippen molar-refractivity contribution in [1.82, 2.24) is 9.80 Å². The van der Waals surface area contributed by atoms with E-state index in [0.29, 0.717) is 46.4 Å². The molecule has 238 valence electrons. The Bertz CT molecular complexity index is 1550. The number of benzene rings is 3. The van der Waals surface area contributed by atoms with E-state index in [9.17, 15) is 23.9 Å². The standard InChI is InChI=1S/C32H36FN5O7/c1-19-15-38(20(2)17-39)30(40)13-21-12-24(35-31(41)34-23-6-4-22(33)5-7-23)8-10-26(21)45-29(19)16-37(3)32(42)36-25-9-11-27-28(14-25)44-18-43-27/h4-12,14,19-20,29,39H,13,15-18H2,1-3H3,(H,36,42)(H2,34,35,41)/t19-,20+,29+/m0/s1. The van der Waals surface area contributed by atoms with Crippen LogP contribution in [0.3, 0.4) is 0 Å². The minimum Gasteiger partial charge on any atom is -0.488 e. The number of rotatable bonds is 7. The van der Waals surface area contributed by atoms with E-state index in [2.05, 4.69) is 16.0 Å². The summed E-state index contributed by atoms with van der Waals surface area (Å²) in [5.74, 6) is 0.732. The van der Waals surface area contributed by atoms with Crippen LogP contribution in [0.1, 0.15) is 19.4 Å². The third kappa shape index (κ3) is 7.73. The highest BCUT2D eigenvalue weighted by molar-refractivity contribution is 6.00. The van der Waals surface area contributed by atoms with Crippen molar-refractivity contribution in [1.29, 1.82) is 0 Å². The van der Waals surface area contributed by atoms with Gasteiger partial charge in [0.25, 0.3) is 0 Å². The molecule has 0 saturated heterocycles. The molecule has 5 amide bonds. The minimum absolute atomic E-state index is 0.0331. The second-order valence-corrected chi connectivity index (χ2v) is 11.2. The number of urea groups is 2. The van der Waals surface area contributed by atoms with Gasteiger partial charge in [0.15, 0.2) is 11.5 Å². The van der Waals surface area contributed by atoms with Crippen molar-refractivity contribution < 1.29 is 38.1 Å². The average molecular weight is 622 g/mol. The van der Waals surface area contributed by atoms with E-state index in [1.165, 1.54) is 29.2 Å². The maximum absolute atomic E-state index is 13.5. The van der Waals surface area contributed by atoms with Gasteiger partial charge in [-0.15, -0.1) is 0 Å². The molecule has 2 heterocycles. The first-order chi connectivity index (χ1) is 21.6. The molecular weight excluding hydrogens is 585 g/mol. The first-order valence-corrected chi connectivity index (χ1v) is 14.5. The third-order valence-corrected chi connectivity index (χ3v) is 7.70. The van der Waals surface area contributed by atoms with E-state index < -0.39 is 24.0 Å². The topological polar surface area (TPSA) is 142 Å². The van der Waals surface area contributed by atoms with Crippen LogP contribution in [0.2, 0.25) is 0 Å². The highest BCUT2D eigenvalue weighted by Crippen LogP contribution is 2.34. The van der Waals surface area contributed by atoms with Crippen LogP contribution in [0, 0.1) is 11.7 Å². The van der Waals surface area contributed by atoms with E-state index in [-0.39, 0.29) is 44.2 Å². The molecule has 3 atom stereocenters. The summed E-state index contributed by atoms with van der Waals surface area (Å²) >= 11 is 0. The van der Waals surface area contributed by atoms with E-state index >= 15 is 0 Å². The van der Waals surface area contributed by atoms with Crippen LogP contribution in [0.4, 0.5) is 31.0 Å². The molecule has 0 aliphatic carbocycles. The summed E-state index contributed by atoms with van der Waals surface area (Å²) in [6, 6.07) is 14.1. The molecule has 0 unspecified atom stereocenters. The fraction of sp³-hybridized carbons (Fsp3) is 0.344. The lowest BCUT2D eigenvalue weighted by Crippen LogP contribution is -2.48. The summed E-state index contributed by atoms with van der Waals surface area (Å²) in [6.07, 6.45) is -0.564. The van der Waals surface area contributed by atoms with Gasteiger partial charge in [0.1, 0.15) is 17.7 Å². The van der Waals surface area contributed by atoms with Crippen LogP contribution < -0.4 is 30.2 Å². The molecule has 0 saturated carbocycles. The summed E-state index contributed by atoms with van der Waals surface area (Å²) in [5, 5.41) is 18.1. The predicted molar refractivity (Wildman–Crippen MR) is 165 cm³/mol. The number of likely N-dealkylation sites (N-methyl/N-ethyl adjacent to an activating group) is 1. The molecule has 3 aromatic carbocycles. The molecule has 13 heteroatoms. The number of nitrogens with zero attached hydrogens (tertiary/aromatic N) is 2. The molecule has 0 aromatic heterocycles. The molecule has 0 fully saturated rings. The number of anilines is 3. The molecule has 0 bridgehead atoms. The van der Waals surface area contributed by atoms with Gasteiger partial charge >= 0.3 is 12.1 Å². The van der Waals surface area contributed by atoms with Crippen LogP contribution in [0.25, 0.3) is 0 Å². The van der Waals surface area contributed by atoms with Gasteiger partial charge in [-0.05, 0) is 61.5 Å². The molecule has 45 heavy (non-hydrogen) atoms. The van der Waals surface area contributed by atoms with Crippen LogP contribution in [0.15, 0.2) is 60.7 Å². The summed E-state index contributed by atoms with van der Waals surface area (Å²) in [5.41, 5.74) is 1.89. The predicted octanol–water partition coefficient (Wildman–Crippen LogP) is 4.51. The van der Waals surface area contributed by atoms with Gasteiger partial charge < -0.3 is 45.1 Å². The van der Waals surface area contributed by atoms with Crippen molar-refractivity contribution in [2.45, 2.75) is 32.4 Å². The molecule has 5 rings (SSSR count). The highest BCUT2D eigenvalue weighted by atomic mass is 19.1. The van der Waals surface area contributed by atoms with Crippen LogP contribution in [-0.4, -0.2) is 78.6 Å². The van der Waals surface area contributed by atoms with Crippen LogP contribution in [0.5, 0.6) is 17.2 Å². The lowest BCUT2D eigenvalue weighted by molar-refractivity contribution is -0.134. The molecule has 0 radical (unpaired) electrons. The average Bonchev–Trinajstić information content (AvgIpc) is 3.50. The number of carbonyl (C=O) groups excluding carboxylic acids is 3. The third-order valence-electron chi connectivity index (χ3n) is 7.70. The number of halogens is 1. The summed E-state index contributed by atoms with van der Waals surface area (Å²) in [7, 11) is 1.65. The maximum Gasteiger partial charge on any atom is 0.323 e. The Hall–Kier alpha value is -5.04. The highest BCUT2D eigenvalue weighted by Gasteiger charge is 2.32. The lowest BCUT2D eigenvalue weighted by Gasteiger charge is -2.34. The number of aliphatic hydroxyl groups is 1. The summed E-state index contributed by atoms with van der Waals surface area (Å²) < 4.78 is 30.4. The molecule has 12 nitrogen and oxygen atoms in total. The number of nitrogens with one attached hydrogen (secondary N) is 3. The number of amides is 5. The smallest absolute Gasteiger partial charge is 0.323 e. The van der Waals surface area contributed by atoms with Crippen LogP contribution >= 0.6 is 0 Å². The minimum atomic E-state index is -0.547. The monoisotopic (exact) mass is 621 g/mol. The second kappa shape index (κ2) is 13.7. The molecule has 2 aliphatic heterocycles. The quantitative estimate of drug-likeness (QED) is 0.304. The van der Waals surface area contributed by atoms with Crippen molar-refractivity contribution in [2.24, 2.45) is 5.92 Å². The summed E-state index contributed by atoms with van der Waals surface area (Å²) in [4.78, 5) is 42.4. The van der Waals surface area contributed by atoms with Gasteiger partial charge in [0.05, 0.1) is 25.6 Å². The van der Waals surface area contributed by atoms with Gasteiger partial charge in [-0.25, -0.2) is 14.0 Å². The fourth-order valence-electron chi connectivity index (χ4n) is 5.10. The van der Waals surface area contributed by atoms with Crippen molar-refractivity contribution in [3.63, 3.8) is 0 Å². The second-order valence-electron chi connectivity index (χ2n) is 11.2. The SMILES string of the molecule is C[C@H](CO)N1C[C@H](C)[C@@H](CN(C)C(=O)Nc2ccc3c(c2)OCO3)Oc2ccc(NC(=O)Nc3ccc(F)cc3)cc2CC1=O. The molecular formula is C32H36FN5O7. The number of hydrogen-bond donors (Lipinski definition) is 4. The zero-order valence-corrected chi connectivity index (χ0v) is 25.2. The van der Waals surface area contributed by atoms with E-state index in [1.54, 1.807) is 55.3 Å². The van der Waals surface area contributed by atoms with Crippen molar-refractivity contribution in [3.8, 4) is 17.2 Å². The number of hydrogen-bond acceptors (Lipinski definition) is 7. The number of ether oxygens (including phenoxy) is 3. The van der Waals surface area contributed by atoms with Gasteiger partial charge in [-0.3, -0.25) is 4.79 Å². The number of fused-ring (bicyclic) bond motifs is 2. The Morgan fingerprint density at radius 2 is 1.62 bits per heavy atom. The maximum atomic E-state index is 13.5. The van der Waals surface area contributed by atoms with E-state index in [0.717, 1.165) is 0 Å². The zero-order chi connectivity index (χ0) is 32.1. The number of carbonyl (C=O) groups is 3. The summed E-state index contributed by atoms with van der Waals surface area (Å²) in [6.45, 7) is 4.08. The molecule has 4 N–H and O–H groups in total. The first-order valence-electron chi connectivity index (χ1n) is 14.5. The van der Waals surface area contributed by atoms with Gasteiger partial charge in [-0.2, -0.15) is 0 Å². The lowest BCUT2D eigenvalue weighted by atomic mass is 10.0. The van der Waals surface area contributed by atoms with E-state index in [4.69, 9.17) is 14.2 Å². The molecule has 0 spiro atoms. The Kier molecular flexibility index (Phi) is 9.57. The first kappa shape index (κ1) is 31.4. The van der Waals surface area contributed by atoms with Crippen molar-refractivity contribution in [2.75, 3.05) is 49.5 Å². The fourth-order valence-corrected chi connectivity index (χ4v) is 5.10. The normalized spacial score (nSPS) is 18.0. The van der Waals surface area contributed by atoms with Crippen LogP contribution in [-0.2, 0) is 11.2 Å².